The molecule has 2 saturated heterocycles. The minimum Gasteiger partial charge on any atom is -0.370 e. The average molecular weight is 330 g/mol. The maximum Gasteiger partial charge on any atom is 0.225 e. The fourth-order valence-electron chi connectivity index (χ4n) is 3.82. The van der Waals surface area contributed by atoms with E-state index in [1.165, 1.54) is 32.1 Å². The Morgan fingerprint density at radius 1 is 1.33 bits per heavy atom. The molecule has 2 aliphatic rings. The second kappa shape index (κ2) is 8.47. The number of anilines is 2. The quantitative estimate of drug-likeness (QED) is 0.871. The Morgan fingerprint density at radius 3 is 2.83 bits per heavy atom. The summed E-state index contributed by atoms with van der Waals surface area (Å²) in [4.78, 5) is 19.1. The first-order chi connectivity index (χ1) is 11.7. The molecule has 132 valence electrons. The number of aromatic nitrogens is 1. The average Bonchev–Trinajstić information content (AvgIpc) is 2.64. The number of hydrogen-bond acceptors (Lipinski definition) is 4. The third-order valence-electron chi connectivity index (χ3n) is 5.38. The molecule has 0 radical (unpaired) electrons. The van der Waals surface area contributed by atoms with Gasteiger partial charge in [-0.25, -0.2) is 4.98 Å². The van der Waals surface area contributed by atoms with Gasteiger partial charge in [-0.3, -0.25) is 4.79 Å². The highest BCUT2D eigenvalue weighted by atomic mass is 16.1. The molecule has 0 saturated carbocycles. The van der Waals surface area contributed by atoms with Gasteiger partial charge in [-0.15, -0.1) is 0 Å². The molecule has 2 atom stereocenters. The van der Waals surface area contributed by atoms with Crippen LogP contribution in [0.5, 0.6) is 0 Å². The van der Waals surface area contributed by atoms with E-state index in [0.717, 1.165) is 31.9 Å². The number of nitrogens with zero attached hydrogens (tertiary/aromatic N) is 2. The number of carbonyl (C=O) groups is 1. The summed E-state index contributed by atoms with van der Waals surface area (Å²) in [5.74, 6) is 1.75. The molecular formula is C19H30N4O. The van der Waals surface area contributed by atoms with Gasteiger partial charge in [0.15, 0.2) is 0 Å². The summed E-state index contributed by atoms with van der Waals surface area (Å²) in [7, 11) is 0. The maximum atomic E-state index is 12.3. The zero-order valence-corrected chi connectivity index (χ0v) is 14.8. The molecule has 5 heteroatoms. The Balaban J connectivity index is 1.48. The fourth-order valence-corrected chi connectivity index (χ4v) is 3.82. The fraction of sp³-hybridized carbons (Fsp3) is 0.684. The van der Waals surface area contributed by atoms with Gasteiger partial charge < -0.3 is 15.5 Å². The number of amides is 1. The largest absolute Gasteiger partial charge is 0.370 e. The predicted molar refractivity (Wildman–Crippen MR) is 98.3 cm³/mol. The van der Waals surface area contributed by atoms with Crippen molar-refractivity contribution < 1.29 is 4.79 Å². The molecule has 3 rings (SSSR count). The van der Waals surface area contributed by atoms with Crippen LogP contribution in [0, 0.1) is 11.8 Å². The first-order valence-corrected chi connectivity index (χ1v) is 9.44. The van der Waals surface area contributed by atoms with E-state index in [-0.39, 0.29) is 5.91 Å². The SMILES string of the molecule is CC(CC(=O)Nc1ccc(N2CCCCC2)cn1)C1CCCNC1. The molecule has 2 unspecified atom stereocenters. The summed E-state index contributed by atoms with van der Waals surface area (Å²) in [6, 6.07) is 4.00. The Hall–Kier alpha value is -1.62. The maximum absolute atomic E-state index is 12.3. The number of carbonyl (C=O) groups excluding carboxylic acids is 1. The van der Waals surface area contributed by atoms with Gasteiger partial charge in [0.05, 0.1) is 11.9 Å². The van der Waals surface area contributed by atoms with Gasteiger partial charge in [-0.1, -0.05) is 6.92 Å². The van der Waals surface area contributed by atoms with Crippen LogP contribution in [0.15, 0.2) is 18.3 Å². The van der Waals surface area contributed by atoms with Crippen LogP contribution in [-0.4, -0.2) is 37.1 Å². The van der Waals surface area contributed by atoms with Crippen LogP contribution in [0.2, 0.25) is 0 Å². The van der Waals surface area contributed by atoms with E-state index in [4.69, 9.17) is 0 Å². The monoisotopic (exact) mass is 330 g/mol. The molecule has 2 aliphatic heterocycles. The van der Waals surface area contributed by atoms with E-state index in [1.807, 2.05) is 12.3 Å². The lowest BCUT2D eigenvalue weighted by Gasteiger charge is -2.28. The highest BCUT2D eigenvalue weighted by Gasteiger charge is 2.22. The Morgan fingerprint density at radius 2 is 2.17 bits per heavy atom. The molecule has 3 heterocycles. The molecular weight excluding hydrogens is 300 g/mol. The Kier molecular flexibility index (Phi) is 6.07. The van der Waals surface area contributed by atoms with E-state index in [1.54, 1.807) is 0 Å². The lowest BCUT2D eigenvalue weighted by Crippen LogP contribution is -2.34. The molecule has 2 fully saturated rings. The molecule has 5 nitrogen and oxygen atoms in total. The van der Waals surface area contributed by atoms with Crippen molar-refractivity contribution in [2.24, 2.45) is 11.8 Å². The zero-order chi connectivity index (χ0) is 16.8. The lowest BCUT2D eigenvalue weighted by atomic mass is 9.85. The normalized spacial score (nSPS) is 22.9. The summed E-state index contributed by atoms with van der Waals surface area (Å²) in [6.45, 7) is 6.56. The van der Waals surface area contributed by atoms with E-state index in [9.17, 15) is 4.79 Å². The Labute approximate surface area is 145 Å². The topological polar surface area (TPSA) is 57.3 Å². The standard InChI is InChI=1S/C19H30N4O/c1-15(16-6-5-9-20-13-16)12-19(24)22-18-8-7-17(14-21-18)23-10-3-2-4-11-23/h7-8,14-16,20H,2-6,9-13H2,1H3,(H,21,22,24). The molecule has 2 N–H and O–H groups in total. The van der Waals surface area contributed by atoms with Crippen molar-refractivity contribution in [1.29, 1.82) is 0 Å². The van der Waals surface area contributed by atoms with Crippen LogP contribution in [0.4, 0.5) is 11.5 Å². The molecule has 0 spiro atoms. The summed E-state index contributed by atoms with van der Waals surface area (Å²) in [5.41, 5.74) is 1.16. The summed E-state index contributed by atoms with van der Waals surface area (Å²) in [5, 5.41) is 6.38. The first kappa shape index (κ1) is 17.2. The molecule has 1 aromatic rings. The van der Waals surface area contributed by atoms with Gasteiger partial charge in [0.1, 0.15) is 5.82 Å². The van der Waals surface area contributed by atoms with Crippen LogP contribution in [-0.2, 0) is 4.79 Å². The van der Waals surface area contributed by atoms with E-state index < -0.39 is 0 Å². The zero-order valence-electron chi connectivity index (χ0n) is 14.8. The second-order valence-corrected chi connectivity index (χ2v) is 7.29. The van der Waals surface area contributed by atoms with Crippen molar-refractivity contribution in [3.63, 3.8) is 0 Å². The smallest absolute Gasteiger partial charge is 0.225 e. The lowest BCUT2D eigenvalue weighted by molar-refractivity contribution is -0.117. The summed E-state index contributed by atoms with van der Waals surface area (Å²) in [6.07, 6.45) is 8.74. The Bertz CT molecular complexity index is 519. The highest BCUT2D eigenvalue weighted by Crippen LogP contribution is 2.23. The van der Waals surface area contributed by atoms with Gasteiger partial charge in [0.2, 0.25) is 5.91 Å². The van der Waals surface area contributed by atoms with E-state index in [2.05, 4.69) is 33.5 Å². The number of rotatable bonds is 5. The van der Waals surface area contributed by atoms with Crippen LogP contribution in [0.25, 0.3) is 0 Å². The van der Waals surface area contributed by atoms with Crippen molar-refractivity contribution in [3.8, 4) is 0 Å². The molecule has 1 amide bonds. The molecule has 0 aliphatic carbocycles. The van der Waals surface area contributed by atoms with Gasteiger partial charge in [-0.05, 0) is 69.2 Å². The van der Waals surface area contributed by atoms with E-state index in [0.29, 0.717) is 24.1 Å². The van der Waals surface area contributed by atoms with Crippen molar-refractivity contribution in [2.75, 3.05) is 36.4 Å². The minimum absolute atomic E-state index is 0.0753. The van der Waals surface area contributed by atoms with Crippen LogP contribution >= 0.6 is 0 Å². The summed E-state index contributed by atoms with van der Waals surface area (Å²) < 4.78 is 0. The highest BCUT2D eigenvalue weighted by molar-refractivity contribution is 5.90. The van der Waals surface area contributed by atoms with Crippen molar-refractivity contribution in [2.45, 2.75) is 45.4 Å². The van der Waals surface area contributed by atoms with Crippen molar-refractivity contribution >= 4 is 17.4 Å². The van der Waals surface area contributed by atoms with Crippen molar-refractivity contribution in [3.05, 3.63) is 18.3 Å². The molecule has 1 aromatic heterocycles. The number of hydrogen-bond donors (Lipinski definition) is 2. The van der Waals surface area contributed by atoms with Gasteiger partial charge >= 0.3 is 0 Å². The van der Waals surface area contributed by atoms with Crippen LogP contribution in [0.1, 0.15) is 45.4 Å². The number of pyridine rings is 1. The second-order valence-electron chi connectivity index (χ2n) is 7.29. The predicted octanol–water partition coefficient (Wildman–Crippen LogP) is 3.04. The minimum atomic E-state index is 0.0753. The third kappa shape index (κ3) is 4.69. The summed E-state index contributed by atoms with van der Waals surface area (Å²) >= 11 is 0. The molecule has 24 heavy (non-hydrogen) atoms. The van der Waals surface area contributed by atoms with Gasteiger partial charge in [-0.2, -0.15) is 0 Å². The number of piperidine rings is 2. The molecule has 0 bridgehead atoms. The van der Waals surface area contributed by atoms with Crippen molar-refractivity contribution in [1.82, 2.24) is 10.3 Å². The van der Waals surface area contributed by atoms with Crippen LogP contribution < -0.4 is 15.5 Å². The van der Waals surface area contributed by atoms with Gasteiger partial charge in [0.25, 0.3) is 0 Å². The van der Waals surface area contributed by atoms with E-state index >= 15 is 0 Å². The number of nitrogens with one attached hydrogen (secondary N) is 2. The molecule has 0 aromatic carbocycles. The first-order valence-electron chi connectivity index (χ1n) is 9.44. The third-order valence-corrected chi connectivity index (χ3v) is 5.38. The van der Waals surface area contributed by atoms with Gasteiger partial charge in [0, 0.05) is 19.5 Å². The van der Waals surface area contributed by atoms with Crippen LogP contribution in [0.3, 0.4) is 0 Å².